The van der Waals surface area contributed by atoms with E-state index >= 15 is 0 Å². The number of rotatable bonds is 2. The quantitative estimate of drug-likeness (QED) is 0.600. The van der Waals surface area contributed by atoms with Gasteiger partial charge in [-0.3, -0.25) is 0 Å². The predicted octanol–water partition coefficient (Wildman–Crippen LogP) is 0.672. The maximum atomic E-state index is 5.26. The van der Waals surface area contributed by atoms with Gasteiger partial charge in [-0.2, -0.15) is 0 Å². The topological polar surface area (TPSA) is 27.1 Å². The SMILES string of the molecule is c1cn(C[C@@H]2CCO2)cn1. The smallest absolute Gasteiger partial charge is 0.0946 e. The Labute approximate surface area is 59.6 Å². The Balaban J connectivity index is 1.90. The Morgan fingerprint density at radius 2 is 2.60 bits per heavy atom. The van der Waals surface area contributed by atoms with E-state index in [4.69, 9.17) is 4.74 Å². The van der Waals surface area contributed by atoms with E-state index in [1.54, 1.807) is 6.20 Å². The molecule has 0 aromatic carbocycles. The third-order valence-electron chi connectivity index (χ3n) is 1.77. The summed E-state index contributed by atoms with van der Waals surface area (Å²) in [5.74, 6) is 0. The summed E-state index contributed by atoms with van der Waals surface area (Å²) in [6, 6.07) is 0. The van der Waals surface area contributed by atoms with Crippen LogP contribution in [-0.2, 0) is 11.3 Å². The van der Waals surface area contributed by atoms with E-state index in [-0.39, 0.29) is 0 Å². The Morgan fingerprint density at radius 1 is 1.70 bits per heavy atom. The van der Waals surface area contributed by atoms with Crippen LogP contribution in [-0.4, -0.2) is 22.3 Å². The highest BCUT2D eigenvalue weighted by Gasteiger charge is 2.17. The molecule has 1 atom stereocenters. The zero-order valence-electron chi connectivity index (χ0n) is 5.73. The average molecular weight is 138 g/mol. The van der Waals surface area contributed by atoms with Crippen molar-refractivity contribution >= 4 is 0 Å². The van der Waals surface area contributed by atoms with Crippen molar-refractivity contribution in [1.29, 1.82) is 0 Å². The van der Waals surface area contributed by atoms with Crippen molar-refractivity contribution in [2.45, 2.75) is 19.1 Å². The number of aromatic nitrogens is 2. The molecule has 1 saturated heterocycles. The number of hydrogen-bond acceptors (Lipinski definition) is 2. The van der Waals surface area contributed by atoms with Gasteiger partial charge in [0.2, 0.25) is 0 Å². The molecule has 0 spiro atoms. The van der Waals surface area contributed by atoms with Gasteiger partial charge in [0, 0.05) is 25.5 Å². The predicted molar refractivity (Wildman–Crippen MR) is 36.6 cm³/mol. The second-order valence-corrected chi connectivity index (χ2v) is 2.54. The minimum Gasteiger partial charge on any atom is -0.376 e. The summed E-state index contributed by atoms with van der Waals surface area (Å²) in [5.41, 5.74) is 0. The molecule has 10 heavy (non-hydrogen) atoms. The molecule has 0 radical (unpaired) electrons. The summed E-state index contributed by atoms with van der Waals surface area (Å²) in [4.78, 5) is 3.94. The molecule has 1 fully saturated rings. The molecule has 3 nitrogen and oxygen atoms in total. The minimum atomic E-state index is 0.439. The Kier molecular flexibility index (Phi) is 1.43. The normalized spacial score (nSPS) is 24.2. The van der Waals surface area contributed by atoms with Gasteiger partial charge >= 0.3 is 0 Å². The van der Waals surface area contributed by atoms with Crippen molar-refractivity contribution in [3.63, 3.8) is 0 Å². The minimum absolute atomic E-state index is 0.439. The Hall–Kier alpha value is -0.830. The molecule has 0 saturated carbocycles. The number of nitrogens with zero attached hydrogens (tertiary/aromatic N) is 2. The fourth-order valence-electron chi connectivity index (χ4n) is 1.06. The third kappa shape index (κ3) is 1.04. The number of imidazole rings is 1. The van der Waals surface area contributed by atoms with Gasteiger partial charge in [0.25, 0.3) is 0 Å². The lowest BCUT2D eigenvalue weighted by molar-refractivity contribution is -0.0592. The van der Waals surface area contributed by atoms with Crippen LogP contribution in [0, 0.1) is 0 Å². The monoisotopic (exact) mass is 138 g/mol. The molecule has 2 heterocycles. The van der Waals surface area contributed by atoms with E-state index < -0.39 is 0 Å². The summed E-state index contributed by atoms with van der Waals surface area (Å²) in [6.45, 7) is 1.89. The summed E-state index contributed by atoms with van der Waals surface area (Å²) < 4.78 is 7.30. The lowest BCUT2D eigenvalue weighted by Crippen LogP contribution is -2.30. The first-order chi connectivity index (χ1) is 4.95. The Bertz CT molecular complexity index is 191. The maximum absolute atomic E-state index is 5.26. The fourth-order valence-corrected chi connectivity index (χ4v) is 1.06. The van der Waals surface area contributed by atoms with E-state index in [0.29, 0.717) is 6.10 Å². The van der Waals surface area contributed by atoms with Crippen molar-refractivity contribution < 1.29 is 4.74 Å². The van der Waals surface area contributed by atoms with Crippen LogP contribution in [0.3, 0.4) is 0 Å². The molecule has 54 valence electrons. The standard InChI is InChI=1S/C7H10N2O/c1-4-10-7(1)5-9-3-2-8-6-9/h2-3,6-7H,1,4-5H2/t7-/m0/s1. The molecule has 1 aromatic heterocycles. The molecule has 3 heteroatoms. The zero-order chi connectivity index (χ0) is 6.81. The largest absolute Gasteiger partial charge is 0.376 e. The van der Waals surface area contributed by atoms with Crippen molar-refractivity contribution in [2.24, 2.45) is 0 Å². The Morgan fingerprint density at radius 3 is 3.10 bits per heavy atom. The van der Waals surface area contributed by atoms with Gasteiger partial charge in [0.1, 0.15) is 0 Å². The molecule has 2 rings (SSSR count). The molecule has 0 amide bonds. The highest BCUT2D eigenvalue weighted by atomic mass is 16.5. The second kappa shape index (κ2) is 2.42. The highest BCUT2D eigenvalue weighted by Crippen LogP contribution is 2.12. The van der Waals surface area contributed by atoms with Crippen molar-refractivity contribution in [3.8, 4) is 0 Å². The number of ether oxygens (including phenoxy) is 1. The van der Waals surface area contributed by atoms with E-state index in [0.717, 1.165) is 13.2 Å². The van der Waals surface area contributed by atoms with Crippen molar-refractivity contribution in [1.82, 2.24) is 9.55 Å². The molecule has 1 aromatic rings. The molecular weight excluding hydrogens is 128 g/mol. The number of hydrogen-bond donors (Lipinski definition) is 0. The van der Waals surface area contributed by atoms with Gasteiger partial charge in [-0.05, 0) is 6.42 Å². The van der Waals surface area contributed by atoms with Crippen LogP contribution in [0.1, 0.15) is 6.42 Å². The van der Waals surface area contributed by atoms with Gasteiger partial charge in [0.05, 0.1) is 12.4 Å². The van der Waals surface area contributed by atoms with E-state index in [9.17, 15) is 0 Å². The van der Waals surface area contributed by atoms with Crippen LogP contribution in [0.4, 0.5) is 0 Å². The maximum Gasteiger partial charge on any atom is 0.0946 e. The van der Waals surface area contributed by atoms with Crippen LogP contribution >= 0.6 is 0 Å². The molecular formula is C7H10N2O. The van der Waals surface area contributed by atoms with Crippen molar-refractivity contribution in [3.05, 3.63) is 18.7 Å². The first kappa shape index (κ1) is 5.92. The lowest BCUT2D eigenvalue weighted by Gasteiger charge is -2.26. The molecule has 1 aliphatic heterocycles. The molecule has 1 aliphatic rings. The van der Waals surface area contributed by atoms with Crippen LogP contribution in [0.2, 0.25) is 0 Å². The van der Waals surface area contributed by atoms with Gasteiger partial charge < -0.3 is 9.30 Å². The summed E-state index contributed by atoms with van der Waals surface area (Å²) >= 11 is 0. The van der Waals surface area contributed by atoms with E-state index in [2.05, 4.69) is 4.98 Å². The average Bonchev–Trinajstić information content (AvgIpc) is 2.29. The van der Waals surface area contributed by atoms with Gasteiger partial charge in [-0.15, -0.1) is 0 Å². The van der Waals surface area contributed by atoms with E-state index in [1.165, 1.54) is 6.42 Å². The van der Waals surface area contributed by atoms with Crippen LogP contribution < -0.4 is 0 Å². The van der Waals surface area contributed by atoms with Gasteiger partial charge in [-0.1, -0.05) is 0 Å². The van der Waals surface area contributed by atoms with Crippen LogP contribution in [0.25, 0.3) is 0 Å². The highest BCUT2D eigenvalue weighted by molar-refractivity contribution is 4.77. The molecule has 0 unspecified atom stereocenters. The summed E-state index contributed by atoms with van der Waals surface area (Å²) in [7, 11) is 0. The third-order valence-corrected chi connectivity index (χ3v) is 1.77. The first-order valence-electron chi connectivity index (χ1n) is 3.52. The first-order valence-corrected chi connectivity index (χ1v) is 3.52. The second-order valence-electron chi connectivity index (χ2n) is 2.54. The van der Waals surface area contributed by atoms with Crippen molar-refractivity contribution in [2.75, 3.05) is 6.61 Å². The molecule has 0 bridgehead atoms. The molecule has 0 aliphatic carbocycles. The molecule has 0 N–H and O–H groups in total. The van der Waals surface area contributed by atoms with Crippen LogP contribution in [0.15, 0.2) is 18.7 Å². The lowest BCUT2D eigenvalue weighted by atomic mass is 10.2. The van der Waals surface area contributed by atoms with Gasteiger partial charge in [0.15, 0.2) is 0 Å². The summed E-state index contributed by atoms with van der Waals surface area (Å²) in [6.07, 6.45) is 7.20. The van der Waals surface area contributed by atoms with E-state index in [1.807, 2.05) is 17.1 Å². The summed E-state index contributed by atoms with van der Waals surface area (Å²) in [5, 5.41) is 0. The van der Waals surface area contributed by atoms with Gasteiger partial charge in [-0.25, -0.2) is 4.98 Å². The fraction of sp³-hybridized carbons (Fsp3) is 0.571. The zero-order valence-corrected chi connectivity index (χ0v) is 5.73. The van der Waals surface area contributed by atoms with Crippen LogP contribution in [0.5, 0.6) is 0 Å².